The number of nitrogens with zero attached hydrogens (tertiary/aromatic N) is 6. The predicted octanol–water partition coefficient (Wildman–Crippen LogP) is 13.8. The average molecular weight is 807 g/mol. The highest BCUT2D eigenvalue weighted by atomic mass is 15.2. The molecule has 0 saturated carbocycles. The van der Waals surface area contributed by atoms with Gasteiger partial charge in [-0.25, -0.2) is 0 Å². The summed E-state index contributed by atoms with van der Waals surface area (Å²) in [7, 11) is 0. The van der Waals surface area contributed by atoms with Crippen LogP contribution in [0.4, 0.5) is 11.4 Å². The lowest BCUT2D eigenvalue weighted by atomic mass is 9.92. The van der Waals surface area contributed by atoms with Crippen molar-refractivity contribution >= 4 is 55.0 Å². The number of hydrogen-bond donors (Lipinski definition) is 0. The molecule has 0 saturated heterocycles. The van der Waals surface area contributed by atoms with Gasteiger partial charge in [-0.15, -0.1) is 0 Å². The average Bonchev–Trinajstić information content (AvgIpc) is 4.00. The van der Waals surface area contributed by atoms with Crippen molar-refractivity contribution in [1.82, 2.24) is 24.1 Å². The lowest BCUT2D eigenvalue weighted by Crippen LogP contribution is -2.28. The first-order valence-corrected chi connectivity index (χ1v) is 21.5. The molecule has 2 atom stereocenters. The number of rotatable bonds is 6. The van der Waals surface area contributed by atoms with E-state index in [9.17, 15) is 0 Å². The standard InChI is InChI=1S/C57H38N6/c1-4-10-52-46(7-1)49-34-58-28-25-55(49)61(52)43-19-13-37(14-20-43)40-31-41(38-15-21-44(22-16-38)62-53-11-5-2-8-47(53)50-35-59-29-26-56(50)62)33-42(32-40)39-17-23-45(24-18-39)63-54-12-6-3-9-48(54)51-36-60-30-27-57(51)63/h1-36,46,52H. The van der Waals surface area contributed by atoms with Gasteiger partial charge in [-0.1, -0.05) is 97.1 Å². The van der Waals surface area contributed by atoms with E-state index in [2.05, 4.69) is 211 Å². The molecule has 1 aliphatic carbocycles. The van der Waals surface area contributed by atoms with Crippen LogP contribution < -0.4 is 4.90 Å². The number of anilines is 2. The van der Waals surface area contributed by atoms with Crippen molar-refractivity contribution in [2.24, 2.45) is 0 Å². The Hall–Kier alpha value is -8.35. The second-order valence-corrected chi connectivity index (χ2v) is 16.5. The summed E-state index contributed by atoms with van der Waals surface area (Å²) in [5, 5.41) is 4.71. The molecule has 0 spiro atoms. The van der Waals surface area contributed by atoms with E-state index in [0.29, 0.717) is 0 Å². The van der Waals surface area contributed by atoms with Crippen LogP contribution in [-0.4, -0.2) is 30.1 Å². The molecule has 2 unspecified atom stereocenters. The van der Waals surface area contributed by atoms with E-state index >= 15 is 0 Å². The Morgan fingerprint density at radius 3 is 1.35 bits per heavy atom. The third-order valence-electron chi connectivity index (χ3n) is 13.1. The summed E-state index contributed by atoms with van der Waals surface area (Å²) in [6.45, 7) is 0. The zero-order chi connectivity index (χ0) is 41.4. The van der Waals surface area contributed by atoms with Gasteiger partial charge in [0, 0.05) is 93.0 Å². The lowest BCUT2D eigenvalue weighted by molar-refractivity contribution is 0.743. The molecule has 2 aliphatic rings. The minimum Gasteiger partial charge on any atom is -0.333 e. The third-order valence-corrected chi connectivity index (χ3v) is 13.1. The number of fused-ring (bicyclic) bond motifs is 9. The highest BCUT2D eigenvalue weighted by Crippen LogP contribution is 2.47. The molecular formula is C57H38N6. The predicted molar refractivity (Wildman–Crippen MR) is 258 cm³/mol. The first-order chi connectivity index (χ1) is 31.2. The van der Waals surface area contributed by atoms with E-state index in [4.69, 9.17) is 0 Å². The van der Waals surface area contributed by atoms with Gasteiger partial charge in [0.1, 0.15) is 0 Å². The van der Waals surface area contributed by atoms with Crippen LogP contribution in [0.3, 0.4) is 0 Å². The second kappa shape index (κ2) is 14.1. The molecule has 6 heterocycles. The second-order valence-electron chi connectivity index (χ2n) is 16.5. The first-order valence-electron chi connectivity index (χ1n) is 21.5. The van der Waals surface area contributed by atoms with Crippen LogP contribution in [0, 0.1) is 0 Å². The SMILES string of the molecule is C1=CC2c3cnccc3N(c3ccc(-c4cc(-c5ccc(-n6c7ccccc7c7cnccc76)cc5)cc(-c5ccc(-n6c7ccccc7c7cnccc76)cc5)c4)cc3)C2C=C1. The molecule has 5 aromatic heterocycles. The van der Waals surface area contributed by atoms with Gasteiger partial charge < -0.3 is 14.0 Å². The number of pyridine rings is 3. The molecule has 0 amide bonds. The van der Waals surface area contributed by atoms with Crippen LogP contribution in [0.1, 0.15) is 11.5 Å². The van der Waals surface area contributed by atoms with Gasteiger partial charge in [0.25, 0.3) is 0 Å². The molecule has 296 valence electrons. The number of aromatic nitrogens is 5. The topological polar surface area (TPSA) is 51.8 Å². The van der Waals surface area contributed by atoms with Gasteiger partial charge in [0.2, 0.25) is 0 Å². The van der Waals surface area contributed by atoms with Crippen molar-refractivity contribution in [2.45, 2.75) is 12.0 Å². The molecule has 6 heteroatoms. The highest BCUT2D eigenvalue weighted by molar-refractivity contribution is 6.10. The number of allylic oxidation sites excluding steroid dienone is 2. The van der Waals surface area contributed by atoms with E-state index in [1.54, 1.807) is 0 Å². The highest BCUT2D eigenvalue weighted by Gasteiger charge is 2.37. The summed E-state index contributed by atoms with van der Waals surface area (Å²) in [6, 6.07) is 57.8. The van der Waals surface area contributed by atoms with Crippen LogP contribution in [0.2, 0.25) is 0 Å². The van der Waals surface area contributed by atoms with Crippen LogP contribution >= 0.6 is 0 Å². The largest absolute Gasteiger partial charge is 0.333 e. The summed E-state index contributed by atoms with van der Waals surface area (Å²) in [4.78, 5) is 15.9. The van der Waals surface area contributed by atoms with E-state index in [1.807, 2.05) is 37.2 Å². The Kier molecular flexibility index (Phi) is 7.93. The summed E-state index contributed by atoms with van der Waals surface area (Å²) < 4.78 is 4.68. The van der Waals surface area contributed by atoms with E-state index in [-0.39, 0.29) is 12.0 Å². The van der Waals surface area contributed by atoms with Crippen molar-refractivity contribution in [1.29, 1.82) is 0 Å². The van der Waals surface area contributed by atoms with E-state index in [0.717, 1.165) is 66.6 Å². The summed E-state index contributed by atoms with van der Waals surface area (Å²) in [5.74, 6) is 0.286. The van der Waals surface area contributed by atoms with Crippen LogP contribution in [0.5, 0.6) is 0 Å². The molecule has 0 bridgehead atoms. The Bertz CT molecular complexity index is 3350. The van der Waals surface area contributed by atoms with Gasteiger partial charge >= 0.3 is 0 Å². The fourth-order valence-electron chi connectivity index (χ4n) is 10.2. The molecule has 6 aromatic carbocycles. The van der Waals surface area contributed by atoms with Crippen molar-refractivity contribution in [3.63, 3.8) is 0 Å². The minimum atomic E-state index is 0.222. The van der Waals surface area contributed by atoms with Crippen molar-refractivity contribution in [3.8, 4) is 44.8 Å². The molecule has 63 heavy (non-hydrogen) atoms. The monoisotopic (exact) mass is 806 g/mol. The number of para-hydroxylation sites is 2. The van der Waals surface area contributed by atoms with Crippen molar-refractivity contribution in [3.05, 3.63) is 225 Å². The third kappa shape index (κ3) is 5.62. The van der Waals surface area contributed by atoms with Crippen molar-refractivity contribution in [2.75, 3.05) is 4.90 Å². The smallest absolute Gasteiger partial charge is 0.0630 e. The maximum atomic E-state index is 4.49. The first kappa shape index (κ1) is 35.4. The molecule has 0 fully saturated rings. The molecule has 13 rings (SSSR count). The van der Waals surface area contributed by atoms with Gasteiger partial charge in [-0.2, -0.15) is 0 Å². The molecular weight excluding hydrogens is 769 g/mol. The maximum absolute atomic E-state index is 4.49. The summed E-state index contributed by atoms with van der Waals surface area (Å²) >= 11 is 0. The van der Waals surface area contributed by atoms with Crippen LogP contribution in [-0.2, 0) is 0 Å². The van der Waals surface area contributed by atoms with Gasteiger partial charge in [0.05, 0.1) is 28.1 Å². The Labute approximate surface area is 364 Å². The number of benzene rings is 6. The molecule has 11 aromatic rings. The van der Waals surface area contributed by atoms with Gasteiger partial charge in [0.15, 0.2) is 0 Å². The fourth-order valence-corrected chi connectivity index (χ4v) is 10.2. The van der Waals surface area contributed by atoms with Gasteiger partial charge in [-0.05, 0) is 118 Å². The molecule has 0 N–H and O–H groups in total. The van der Waals surface area contributed by atoms with Crippen LogP contribution in [0.15, 0.2) is 219 Å². The summed E-state index contributed by atoms with van der Waals surface area (Å²) in [5.41, 5.74) is 17.5. The number of hydrogen-bond acceptors (Lipinski definition) is 4. The Balaban J connectivity index is 0.914. The quantitative estimate of drug-likeness (QED) is 0.168. The van der Waals surface area contributed by atoms with E-state index < -0.39 is 0 Å². The fraction of sp³-hybridized carbons (Fsp3) is 0.0351. The molecule has 6 nitrogen and oxygen atoms in total. The minimum absolute atomic E-state index is 0.222. The van der Waals surface area contributed by atoms with Crippen molar-refractivity contribution < 1.29 is 0 Å². The Morgan fingerprint density at radius 2 is 0.810 bits per heavy atom. The van der Waals surface area contributed by atoms with Gasteiger partial charge in [-0.3, -0.25) is 15.0 Å². The normalized spacial score (nSPS) is 15.5. The zero-order valence-electron chi connectivity index (χ0n) is 34.1. The molecule has 1 aliphatic heterocycles. The molecule has 0 radical (unpaired) electrons. The summed E-state index contributed by atoms with van der Waals surface area (Å²) in [6.07, 6.45) is 20.5. The zero-order valence-corrected chi connectivity index (χ0v) is 34.1. The lowest BCUT2D eigenvalue weighted by Gasteiger charge is -2.28. The maximum Gasteiger partial charge on any atom is 0.0630 e. The Morgan fingerprint density at radius 1 is 0.365 bits per heavy atom. The van der Waals surface area contributed by atoms with E-state index in [1.165, 1.54) is 38.7 Å². The van der Waals surface area contributed by atoms with Crippen LogP contribution in [0.25, 0.3) is 88.4 Å².